The van der Waals surface area contributed by atoms with Gasteiger partial charge in [0, 0.05) is 23.5 Å². The van der Waals surface area contributed by atoms with Crippen LogP contribution in [0.3, 0.4) is 0 Å². The van der Waals surface area contributed by atoms with E-state index in [0.717, 1.165) is 46.1 Å². The zero-order valence-corrected chi connectivity index (χ0v) is 16.0. The molecular formula is C20H22N6O2. The molecule has 5 rings (SSSR count). The molecule has 1 aliphatic heterocycles. The van der Waals surface area contributed by atoms with E-state index in [0.29, 0.717) is 31.4 Å². The number of aromatic amines is 1. The van der Waals surface area contributed by atoms with Crippen molar-refractivity contribution in [1.29, 1.82) is 0 Å². The van der Waals surface area contributed by atoms with E-state index >= 15 is 0 Å². The van der Waals surface area contributed by atoms with E-state index in [4.69, 9.17) is 9.72 Å². The third kappa shape index (κ3) is 3.03. The second kappa shape index (κ2) is 6.63. The number of pyridine rings is 1. The van der Waals surface area contributed by atoms with Crippen molar-refractivity contribution in [3.8, 4) is 0 Å². The summed E-state index contributed by atoms with van der Waals surface area (Å²) in [6, 6.07) is 6.19. The van der Waals surface area contributed by atoms with Crippen LogP contribution in [0.1, 0.15) is 57.9 Å². The quantitative estimate of drug-likeness (QED) is 0.752. The van der Waals surface area contributed by atoms with Crippen LogP contribution in [0.5, 0.6) is 0 Å². The predicted octanol–water partition coefficient (Wildman–Crippen LogP) is 2.46. The van der Waals surface area contributed by atoms with E-state index in [1.807, 2.05) is 11.0 Å². The first kappa shape index (κ1) is 17.2. The summed E-state index contributed by atoms with van der Waals surface area (Å²) in [6.45, 7) is 5.51. The van der Waals surface area contributed by atoms with Gasteiger partial charge in [0.1, 0.15) is 6.10 Å². The topological polar surface area (TPSA) is 96.9 Å². The lowest BCUT2D eigenvalue weighted by atomic mass is 9.99. The van der Waals surface area contributed by atoms with Crippen LogP contribution in [0.25, 0.3) is 10.9 Å². The number of carbonyl (C=O) groups is 1. The summed E-state index contributed by atoms with van der Waals surface area (Å²) in [5, 5.41) is 15.0. The number of aryl methyl sites for hydroxylation is 2. The van der Waals surface area contributed by atoms with Crippen LogP contribution >= 0.6 is 0 Å². The van der Waals surface area contributed by atoms with Crippen LogP contribution in [0.4, 0.5) is 0 Å². The number of nitrogens with one attached hydrogen (secondary N) is 1. The fourth-order valence-corrected chi connectivity index (χ4v) is 3.93. The van der Waals surface area contributed by atoms with E-state index in [1.54, 1.807) is 0 Å². The summed E-state index contributed by atoms with van der Waals surface area (Å²) in [5.74, 6) is 0.965. The molecule has 1 amide bonds. The van der Waals surface area contributed by atoms with Crippen molar-refractivity contribution in [3.63, 3.8) is 0 Å². The molecule has 1 unspecified atom stereocenters. The largest absolute Gasteiger partial charge is 0.366 e. The Labute approximate surface area is 162 Å². The fourth-order valence-electron chi connectivity index (χ4n) is 3.93. The van der Waals surface area contributed by atoms with E-state index in [2.05, 4.69) is 46.6 Å². The third-order valence-corrected chi connectivity index (χ3v) is 5.50. The van der Waals surface area contributed by atoms with Gasteiger partial charge in [0.15, 0.2) is 0 Å². The summed E-state index contributed by atoms with van der Waals surface area (Å²) in [7, 11) is 0. The summed E-state index contributed by atoms with van der Waals surface area (Å²) in [5.41, 5.74) is 4.93. The Balaban J connectivity index is 1.55. The average Bonchev–Trinajstić information content (AvgIpc) is 3.40. The number of H-pyrrole nitrogens is 1. The van der Waals surface area contributed by atoms with Crippen molar-refractivity contribution in [2.75, 3.05) is 19.7 Å². The zero-order chi connectivity index (χ0) is 19.3. The van der Waals surface area contributed by atoms with Gasteiger partial charge in [-0.25, -0.2) is 0 Å². The average molecular weight is 378 g/mol. The molecule has 0 bridgehead atoms. The maximum absolute atomic E-state index is 13.5. The van der Waals surface area contributed by atoms with Gasteiger partial charge < -0.3 is 9.64 Å². The van der Waals surface area contributed by atoms with Gasteiger partial charge in [-0.1, -0.05) is 16.8 Å². The minimum absolute atomic E-state index is 0.0103. The molecule has 0 radical (unpaired) electrons. The van der Waals surface area contributed by atoms with Gasteiger partial charge in [-0.3, -0.25) is 9.78 Å². The molecule has 1 N–H and O–H groups in total. The molecule has 28 heavy (non-hydrogen) atoms. The van der Waals surface area contributed by atoms with E-state index in [9.17, 15) is 4.79 Å². The highest BCUT2D eigenvalue weighted by Gasteiger charge is 2.31. The molecule has 2 fully saturated rings. The standard InChI is InChI=1S/C20H22N6O2/c1-11-7-12(2)18-14(8-11)15(9-16(21-18)13-3-4-13)20(27)26-5-6-28-17(10-26)19-22-24-25-23-19/h7-9,13,17H,3-6,10H2,1-2H3,(H,22,23,24,25). The Kier molecular flexibility index (Phi) is 4.08. The molecule has 3 heterocycles. The second-order valence-corrected chi connectivity index (χ2v) is 7.73. The number of morpholine rings is 1. The fraction of sp³-hybridized carbons (Fsp3) is 0.450. The maximum Gasteiger partial charge on any atom is 0.254 e. The van der Waals surface area contributed by atoms with Crippen LogP contribution in [0, 0.1) is 13.8 Å². The summed E-state index contributed by atoms with van der Waals surface area (Å²) in [6.07, 6.45) is 1.93. The number of tetrazole rings is 1. The van der Waals surface area contributed by atoms with Crippen molar-refractivity contribution in [1.82, 2.24) is 30.5 Å². The summed E-state index contributed by atoms with van der Waals surface area (Å²) >= 11 is 0. The molecule has 0 spiro atoms. The normalized spacial score (nSPS) is 19.9. The molecule has 1 aromatic carbocycles. The van der Waals surface area contributed by atoms with Gasteiger partial charge in [-0.05, 0) is 44.4 Å². The highest BCUT2D eigenvalue weighted by molar-refractivity contribution is 6.07. The van der Waals surface area contributed by atoms with E-state index < -0.39 is 0 Å². The van der Waals surface area contributed by atoms with Crippen LogP contribution in [-0.4, -0.2) is 56.1 Å². The second-order valence-electron chi connectivity index (χ2n) is 7.73. The minimum atomic E-state index is -0.365. The Morgan fingerprint density at radius 1 is 1.25 bits per heavy atom. The number of ether oxygens (including phenoxy) is 1. The van der Waals surface area contributed by atoms with Crippen molar-refractivity contribution in [2.45, 2.75) is 38.7 Å². The summed E-state index contributed by atoms with van der Waals surface area (Å²) in [4.78, 5) is 20.2. The molecule has 2 aromatic heterocycles. The van der Waals surface area contributed by atoms with Gasteiger partial charge in [-0.2, -0.15) is 5.21 Å². The molecule has 144 valence electrons. The van der Waals surface area contributed by atoms with Crippen molar-refractivity contribution in [3.05, 3.63) is 46.4 Å². The van der Waals surface area contributed by atoms with Gasteiger partial charge >= 0.3 is 0 Å². The zero-order valence-electron chi connectivity index (χ0n) is 16.0. The number of hydrogen-bond acceptors (Lipinski definition) is 6. The first-order valence-corrected chi connectivity index (χ1v) is 9.66. The van der Waals surface area contributed by atoms with Gasteiger partial charge in [0.05, 0.1) is 24.2 Å². The number of amides is 1. The molecule has 3 aromatic rings. The molecule has 1 atom stereocenters. The first-order valence-electron chi connectivity index (χ1n) is 9.66. The molecule has 1 aliphatic carbocycles. The SMILES string of the molecule is Cc1cc(C)c2nc(C3CC3)cc(C(=O)N3CCOC(c4nn[nH]n4)C3)c2c1. The van der Waals surface area contributed by atoms with Crippen molar-refractivity contribution >= 4 is 16.8 Å². The lowest BCUT2D eigenvalue weighted by Crippen LogP contribution is -2.42. The van der Waals surface area contributed by atoms with Gasteiger partial charge in [-0.15, -0.1) is 10.2 Å². The minimum Gasteiger partial charge on any atom is -0.366 e. The highest BCUT2D eigenvalue weighted by atomic mass is 16.5. The lowest BCUT2D eigenvalue weighted by molar-refractivity contribution is -0.0267. The van der Waals surface area contributed by atoms with Crippen LogP contribution in [0.2, 0.25) is 0 Å². The molecule has 8 nitrogen and oxygen atoms in total. The van der Waals surface area contributed by atoms with Gasteiger partial charge in [0.2, 0.25) is 5.82 Å². The number of hydrogen-bond donors (Lipinski definition) is 1. The van der Waals surface area contributed by atoms with Crippen LogP contribution in [0.15, 0.2) is 18.2 Å². The number of aromatic nitrogens is 5. The smallest absolute Gasteiger partial charge is 0.254 e. The monoisotopic (exact) mass is 378 g/mol. The number of rotatable bonds is 3. The highest BCUT2D eigenvalue weighted by Crippen LogP contribution is 2.41. The number of benzene rings is 1. The Bertz CT molecular complexity index is 1040. The number of carbonyl (C=O) groups excluding carboxylic acids is 1. The van der Waals surface area contributed by atoms with Crippen LogP contribution < -0.4 is 0 Å². The van der Waals surface area contributed by atoms with E-state index in [-0.39, 0.29) is 12.0 Å². The van der Waals surface area contributed by atoms with Crippen LogP contribution in [-0.2, 0) is 4.74 Å². The summed E-state index contributed by atoms with van der Waals surface area (Å²) < 4.78 is 5.75. The predicted molar refractivity (Wildman–Crippen MR) is 102 cm³/mol. The number of fused-ring (bicyclic) bond motifs is 1. The lowest BCUT2D eigenvalue weighted by Gasteiger charge is -2.32. The molecule has 8 heteroatoms. The van der Waals surface area contributed by atoms with Gasteiger partial charge in [0.25, 0.3) is 5.91 Å². The van der Waals surface area contributed by atoms with Crippen molar-refractivity contribution < 1.29 is 9.53 Å². The molecule has 2 aliphatic rings. The third-order valence-electron chi connectivity index (χ3n) is 5.50. The van der Waals surface area contributed by atoms with E-state index in [1.165, 1.54) is 0 Å². The number of nitrogens with zero attached hydrogens (tertiary/aromatic N) is 5. The Hall–Kier alpha value is -2.87. The Morgan fingerprint density at radius 2 is 2.11 bits per heavy atom. The first-order chi connectivity index (χ1) is 13.6. The molecule has 1 saturated heterocycles. The van der Waals surface area contributed by atoms with Crippen molar-refractivity contribution in [2.24, 2.45) is 0 Å². The maximum atomic E-state index is 13.5. The molecule has 1 saturated carbocycles. The Morgan fingerprint density at radius 3 is 2.86 bits per heavy atom. The molecular weight excluding hydrogens is 356 g/mol.